The Balaban J connectivity index is 1.69. The van der Waals surface area contributed by atoms with Crippen molar-refractivity contribution in [3.63, 3.8) is 0 Å². The SMILES string of the molecule is O=C1C(Cc2cc(C(F)(F)F)ccc2Cl)SC(=Nc2ccccc2)N1c1ccccc1. The van der Waals surface area contributed by atoms with Gasteiger partial charge in [0, 0.05) is 5.02 Å². The normalized spacial score (nSPS) is 18.1. The molecule has 1 aliphatic rings. The van der Waals surface area contributed by atoms with Crippen LogP contribution in [0, 0.1) is 0 Å². The molecule has 4 rings (SSSR count). The van der Waals surface area contributed by atoms with Crippen LogP contribution in [0.5, 0.6) is 0 Å². The third kappa shape index (κ3) is 4.78. The molecule has 158 valence electrons. The van der Waals surface area contributed by atoms with E-state index in [1.54, 1.807) is 12.1 Å². The molecule has 31 heavy (non-hydrogen) atoms. The van der Waals surface area contributed by atoms with Crippen LogP contribution < -0.4 is 4.90 Å². The molecule has 1 amide bonds. The fourth-order valence-electron chi connectivity index (χ4n) is 3.21. The average Bonchev–Trinajstić information content (AvgIpc) is 3.05. The summed E-state index contributed by atoms with van der Waals surface area (Å²) in [5, 5.41) is 0.0141. The van der Waals surface area contributed by atoms with Gasteiger partial charge in [0.15, 0.2) is 5.17 Å². The van der Waals surface area contributed by atoms with Crippen molar-refractivity contribution in [3.05, 3.63) is 95.0 Å². The summed E-state index contributed by atoms with van der Waals surface area (Å²) in [5.74, 6) is -0.251. The van der Waals surface area contributed by atoms with Gasteiger partial charge in [-0.05, 0) is 54.4 Å². The standard InChI is InChI=1S/C23H16ClF3N2OS/c24-19-12-11-16(23(25,26)27)13-15(19)14-20-21(30)29(18-9-5-2-6-10-18)22(31-20)28-17-7-3-1-4-8-17/h1-13,20H,14H2. The summed E-state index contributed by atoms with van der Waals surface area (Å²) in [5.41, 5.74) is 0.806. The van der Waals surface area contributed by atoms with Crippen molar-refractivity contribution in [2.45, 2.75) is 17.8 Å². The van der Waals surface area contributed by atoms with Crippen LogP contribution in [0.4, 0.5) is 24.5 Å². The van der Waals surface area contributed by atoms with Crippen LogP contribution in [0.3, 0.4) is 0 Å². The summed E-state index contributed by atoms with van der Waals surface area (Å²) in [6.45, 7) is 0. The van der Waals surface area contributed by atoms with Crippen LogP contribution >= 0.6 is 23.4 Å². The topological polar surface area (TPSA) is 32.7 Å². The molecule has 0 N–H and O–H groups in total. The molecule has 3 nitrogen and oxygen atoms in total. The molecule has 0 saturated carbocycles. The van der Waals surface area contributed by atoms with Gasteiger partial charge in [0.25, 0.3) is 0 Å². The lowest BCUT2D eigenvalue weighted by Gasteiger charge is -2.16. The van der Waals surface area contributed by atoms with Crippen LogP contribution in [-0.4, -0.2) is 16.3 Å². The number of anilines is 1. The third-order valence-electron chi connectivity index (χ3n) is 4.71. The highest BCUT2D eigenvalue weighted by Gasteiger charge is 2.40. The second kappa shape index (κ2) is 8.77. The van der Waals surface area contributed by atoms with E-state index >= 15 is 0 Å². The number of para-hydroxylation sites is 2. The van der Waals surface area contributed by atoms with E-state index in [-0.39, 0.29) is 22.9 Å². The van der Waals surface area contributed by atoms with Crippen molar-refractivity contribution in [1.82, 2.24) is 0 Å². The molecule has 0 aromatic heterocycles. The molecule has 3 aromatic carbocycles. The van der Waals surface area contributed by atoms with Crippen molar-refractivity contribution in [3.8, 4) is 0 Å². The highest BCUT2D eigenvalue weighted by Crippen LogP contribution is 2.37. The van der Waals surface area contributed by atoms with Gasteiger partial charge in [0.05, 0.1) is 22.2 Å². The number of aliphatic imine (C=N–C) groups is 1. The number of carbonyl (C=O) groups is 1. The molecule has 1 aliphatic heterocycles. The highest BCUT2D eigenvalue weighted by atomic mass is 35.5. The molecular weight excluding hydrogens is 445 g/mol. The van der Waals surface area contributed by atoms with E-state index in [4.69, 9.17) is 11.6 Å². The lowest BCUT2D eigenvalue weighted by Crippen LogP contribution is -2.32. The number of hydrogen-bond acceptors (Lipinski definition) is 3. The maximum absolute atomic E-state index is 13.3. The van der Waals surface area contributed by atoms with Crippen LogP contribution in [0.2, 0.25) is 5.02 Å². The van der Waals surface area contributed by atoms with E-state index in [0.29, 0.717) is 16.5 Å². The number of alkyl halides is 3. The van der Waals surface area contributed by atoms with E-state index in [1.807, 2.05) is 48.5 Å². The molecule has 0 bridgehead atoms. The van der Waals surface area contributed by atoms with E-state index in [2.05, 4.69) is 4.99 Å². The Bertz CT molecular complexity index is 1120. The minimum Gasteiger partial charge on any atom is -0.273 e. The predicted octanol–water partition coefficient (Wildman–Crippen LogP) is 6.74. The van der Waals surface area contributed by atoms with Gasteiger partial charge in [-0.1, -0.05) is 59.8 Å². The van der Waals surface area contributed by atoms with Gasteiger partial charge in [-0.25, -0.2) is 4.99 Å². The van der Waals surface area contributed by atoms with Gasteiger partial charge in [-0.2, -0.15) is 13.2 Å². The Morgan fingerprint density at radius 2 is 1.61 bits per heavy atom. The van der Waals surface area contributed by atoms with Gasteiger partial charge in [0.1, 0.15) is 0 Å². The summed E-state index contributed by atoms with van der Waals surface area (Å²) in [4.78, 5) is 19.4. The summed E-state index contributed by atoms with van der Waals surface area (Å²) in [6.07, 6.45) is -4.43. The molecule has 1 unspecified atom stereocenters. The number of thioether (sulfide) groups is 1. The van der Waals surface area contributed by atoms with Crippen molar-refractivity contribution in [1.29, 1.82) is 0 Å². The van der Waals surface area contributed by atoms with Crippen LogP contribution in [0.1, 0.15) is 11.1 Å². The summed E-state index contributed by atoms with van der Waals surface area (Å²) < 4.78 is 39.4. The molecule has 0 spiro atoms. The maximum Gasteiger partial charge on any atom is 0.416 e. The number of rotatable bonds is 4. The Morgan fingerprint density at radius 1 is 0.968 bits per heavy atom. The summed E-state index contributed by atoms with van der Waals surface area (Å²) in [7, 11) is 0. The molecule has 3 aromatic rings. The number of halogens is 4. The molecule has 8 heteroatoms. The zero-order valence-electron chi connectivity index (χ0n) is 16.0. The summed E-state index contributed by atoms with van der Waals surface area (Å²) in [6, 6.07) is 21.4. The first-order valence-electron chi connectivity index (χ1n) is 9.38. The molecule has 1 heterocycles. The first-order chi connectivity index (χ1) is 14.8. The average molecular weight is 461 g/mol. The van der Waals surface area contributed by atoms with E-state index in [9.17, 15) is 18.0 Å². The van der Waals surface area contributed by atoms with E-state index in [1.165, 1.54) is 22.7 Å². The van der Waals surface area contributed by atoms with E-state index < -0.39 is 17.0 Å². The highest BCUT2D eigenvalue weighted by molar-refractivity contribution is 8.16. The Labute approximate surface area is 186 Å². The number of amides is 1. The summed E-state index contributed by atoms with van der Waals surface area (Å²) >= 11 is 7.38. The van der Waals surface area contributed by atoms with Gasteiger partial charge in [0.2, 0.25) is 5.91 Å². The number of carbonyl (C=O) groups excluding carboxylic acids is 1. The second-order valence-corrected chi connectivity index (χ2v) is 8.43. The van der Waals surface area contributed by atoms with Crippen molar-refractivity contribution in [2.24, 2.45) is 4.99 Å². The largest absolute Gasteiger partial charge is 0.416 e. The first-order valence-corrected chi connectivity index (χ1v) is 10.6. The fraction of sp³-hybridized carbons (Fsp3) is 0.130. The molecule has 1 fully saturated rings. The zero-order valence-corrected chi connectivity index (χ0v) is 17.6. The van der Waals surface area contributed by atoms with Crippen LogP contribution in [0.15, 0.2) is 83.9 Å². The zero-order chi connectivity index (χ0) is 22.0. The van der Waals surface area contributed by atoms with Gasteiger partial charge in [-0.3, -0.25) is 9.69 Å². The molecular formula is C23H16ClF3N2OS. The smallest absolute Gasteiger partial charge is 0.273 e. The minimum atomic E-state index is -4.48. The van der Waals surface area contributed by atoms with Gasteiger partial charge < -0.3 is 0 Å². The van der Waals surface area contributed by atoms with Crippen molar-refractivity contribution >= 4 is 45.8 Å². The van der Waals surface area contributed by atoms with Crippen molar-refractivity contribution in [2.75, 3.05) is 4.90 Å². The predicted molar refractivity (Wildman–Crippen MR) is 119 cm³/mol. The molecule has 1 atom stereocenters. The third-order valence-corrected chi connectivity index (χ3v) is 6.21. The number of benzene rings is 3. The van der Waals surface area contributed by atoms with E-state index in [0.717, 1.165) is 12.1 Å². The lowest BCUT2D eigenvalue weighted by atomic mass is 10.0. The van der Waals surface area contributed by atoms with Gasteiger partial charge >= 0.3 is 6.18 Å². The quantitative estimate of drug-likeness (QED) is 0.432. The fourth-order valence-corrected chi connectivity index (χ4v) is 4.59. The molecule has 1 saturated heterocycles. The lowest BCUT2D eigenvalue weighted by molar-refractivity contribution is -0.137. The number of amidine groups is 1. The van der Waals surface area contributed by atoms with Crippen LogP contribution in [-0.2, 0) is 17.4 Å². The minimum absolute atomic E-state index is 0.0589. The second-order valence-electron chi connectivity index (χ2n) is 6.85. The Kier molecular flexibility index (Phi) is 6.07. The maximum atomic E-state index is 13.3. The number of hydrogen-bond donors (Lipinski definition) is 0. The number of nitrogens with zero attached hydrogens (tertiary/aromatic N) is 2. The Hall–Kier alpha value is -2.77. The first kappa shape index (κ1) is 21.5. The Morgan fingerprint density at radius 3 is 2.26 bits per heavy atom. The molecule has 0 radical (unpaired) electrons. The van der Waals surface area contributed by atoms with Crippen molar-refractivity contribution < 1.29 is 18.0 Å². The van der Waals surface area contributed by atoms with Crippen LogP contribution in [0.25, 0.3) is 0 Å². The monoisotopic (exact) mass is 460 g/mol. The van der Waals surface area contributed by atoms with Gasteiger partial charge in [-0.15, -0.1) is 0 Å². The molecule has 0 aliphatic carbocycles.